The smallest absolute Gasteiger partial charge is 0.307 e. The molecule has 6 heteroatoms. The Morgan fingerprint density at radius 1 is 1.35 bits per heavy atom. The molecular weight excluding hydrogens is 282 g/mol. The van der Waals surface area contributed by atoms with Gasteiger partial charge in [0.1, 0.15) is 5.75 Å². The van der Waals surface area contributed by atoms with E-state index in [0.29, 0.717) is 16.3 Å². The molecule has 1 aromatic rings. The topological polar surface area (TPSA) is 64.6 Å². The number of benzene rings is 1. The highest BCUT2D eigenvalue weighted by atomic mass is 35.5. The van der Waals surface area contributed by atoms with Gasteiger partial charge in [0.15, 0.2) is 0 Å². The predicted octanol–water partition coefficient (Wildman–Crippen LogP) is 1.96. The Morgan fingerprint density at radius 2 is 2.05 bits per heavy atom. The van der Waals surface area contributed by atoms with Gasteiger partial charge in [0, 0.05) is 16.6 Å². The van der Waals surface area contributed by atoms with Gasteiger partial charge < -0.3 is 14.8 Å². The van der Waals surface area contributed by atoms with E-state index in [9.17, 15) is 9.59 Å². The molecule has 0 saturated heterocycles. The quantitative estimate of drug-likeness (QED) is 0.816. The van der Waals surface area contributed by atoms with Crippen molar-refractivity contribution in [2.75, 3.05) is 14.2 Å². The molecule has 1 N–H and O–H groups in total. The zero-order valence-electron chi connectivity index (χ0n) is 11.7. The molecular formula is C14H18ClNO4. The molecule has 0 spiro atoms. The van der Waals surface area contributed by atoms with Crippen molar-refractivity contribution in [3.05, 3.63) is 28.8 Å². The fraction of sp³-hybridized carbons (Fsp3) is 0.429. The molecule has 0 saturated carbocycles. The van der Waals surface area contributed by atoms with Crippen LogP contribution in [0.5, 0.6) is 5.75 Å². The lowest BCUT2D eigenvalue weighted by atomic mass is 10.1. The molecule has 110 valence electrons. The van der Waals surface area contributed by atoms with Crippen LogP contribution in [0.3, 0.4) is 0 Å². The predicted molar refractivity (Wildman–Crippen MR) is 75.9 cm³/mol. The summed E-state index contributed by atoms with van der Waals surface area (Å²) in [6.45, 7) is 1.74. The number of ether oxygens (including phenoxy) is 2. The lowest BCUT2D eigenvalue weighted by molar-refractivity contribution is -0.141. The molecule has 0 aromatic heterocycles. The maximum Gasteiger partial charge on any atom is 0.307 e. The van der Waals surface area contributed by atoms with Crippen LogP contribution in [0.2, 0.25) is 5.02 Å². The third-order valence-electron chi connectivity index (χ3n) is 2.70. The summed E-state index contributed by atoms with van der Waals surface area (Å²) >= 11 is 5.90. The fourth-order valence-electron chi connectivity index (χ4n) is 1.77. The molecule has 0 aliphatic carbocycles. The Bertz CT molecular complexity index is 490. The summed E-state index contributed by atoms with van der Waals surface area (Å²) in [7, 11) is 2.85. The molecule has 0 fully saturated rings. The SMILES string of the molecule is COC(=O)CC(C)NC(=O)Cc1cc(Cl)ccc1OC. The average Bonchev–Trinajstić information content (AvgIpc) is 2.38. The molecule has 0 aliphatic rings. The van der Waals surface area contributed by atoms with Gasteiger partial charge in [-0.2, -0.15) is 0 Å². The Morgan fingerprint density at radius 3 is 2.65 bits per heavy atom. The molecule has 1 amide bonds. The summed E-state index contributed by atoms with van der Waals surface area (Å²) in [6.07, 6.45) is 0.268. The largest absolute Gasteiger partial charge is 0.496 e. The van der Waals surface area contributed by atoms with Crippen LogP contribution in [-0.4, -0.2) is 32.1 Å². The van der Waals surface area contributed by atoms with Gasteiger partial charge in [-0.1, -0.05) is 11.6 Å². The van der Waals surface area contributed by atoms with Gasteiger partial charge >= 0.3 is 5.97 Å². The number of nitrogens with one attached hydrogen (secondary N) is 1. The van der Waals surface area contributed by atoms with E-state index in [2.05, 4.69) is 10.1 Å². The van der Waals surface area contributed by atoms with Gasteiger partial charge in [0.25, 0.3) is 0 Å². The summed E-state index contributed by atoms with van der Waals surface area (Å²) < 4.78 is 9.72. The number of esters is 1. The Balaban J connectivity index is 2.62. The fourth-order valence-corrected chi connectivity index (χ4v) is 1.96. The molecule has 1 rings (SSSR count). The molecule has 5 nitrogen and oxygen atoms in total. The zero-order valence-corrected chi connectivity index (χ0v) is 12.5. The number of amides is 1. The number of methoxy groups -OCH3 is 2. The second-order valence-corrected chi connectivity index (χ2v) is 4.82. The summed E-state index contributed by atoms with van der Waals surface area (Å²) in [5.74, 6) is 0.0327. The van der Waals surface area contributed by atoms with Crippen molar-refractivity contribution in [3.8, 4) is 5.75 Å². The van der Waals surface area contributed by atoms with Gasteiger partial charge in [0.05, 0.1) is 27.1 Å². The average molecular weight is 300 g/mol. The van der Waals surface area contributed by atoms with Crippen molar-refractivity contribution in [2.24, 2.45) is 0 Å². The van der Waals surface area contributed by atoms with Gasteiger partial charge in [-0.3, -0.25) is 9.59 Å². The highest BCUT2D eigenvalue weighted by Gasteiger charge is 2.14. The maximum atomic E-state index is 11.9. The van der Waals surface area contributed by atoms with Crippen LogP contribution in [0, 0.1) is 0 Å². The van der Waals surface area contributed by atoms with Crippen LogP contribution >= 0.6 is 11.6 Å². The van der Waals surface area contributed by atoms with Crippen LogP contribution in [-0.2, 0) is 20.7 Å². The standard InChI is InChI=1S/C14H18ClNO4/c1-9(6-14(18)20-3)16-13(17)8-10-7-11(15)4-5-12(10)19-2/h4-5,7,9H,6,8H2,1-3H3,(H,16,17). The Kier molecular flexibility index (Phi) is 6.31. The van der Waals surface area contributed by atoms with Gasteiger partial charge in [0.2, 0.25) is 5.91 Å². The highest BCUT2D eigenvalue weighted by Crippen LogP contribution is 2.23. The van der Waals surface area contributed by atoms with Crippen molar-refractivity contribution in [3.63, 3.8) is 0 Å². The monoisotopic (exact) mass is 299 g/mol. The third kappa shape index (κ3) is 5.09. The second kappa shape index (κ2) is 7.75. The number of hydrogen-bond acceptors (Lipinski definition) is 4. The van der Waals surface area contributed by atoms with Crippen molar-refractivity contribution in [2.45, 2.75) is 25.8 Å². The van der Waals surface area contributed by atoms with Crippen LogP contribution in [0.4, 0.5) is 0 Å². The van der Waals surface area contributed by atoms with Crippen molar-refractivity contribution >= 4 is 23.5 Å². The Labute approximate surface area is 123 Å². The van der Waals surface area contributed by atoms with Crippen LogP contribution in [0.15, 0.2) is 18.2 Å². The first-order valence-electron chi connectivity index (χ1n) is 6.14. The molecule has 1 unspecified atom stereocenters. The van der Waals surface area contributed by atoms with Gasteiger partial charge in [-0.05, 0) is 25.1 Å². The normalized spacial score (nSPS) is 11.6. The molecule has 0 radical (unpaired) electrons. The van der Waals surface area contributed by atoms with Gasteiger partial charge in [-0.15, -0.1) is 0 Å². The minimum absolute atomic E-state index is 0.134. The number of rotatable bonds is 6. The molecule has 0 aliphatic heterocycles. The van der Waals surface area contributed by atoms with E-state index in [1.165, 1.54) is 14.2 Å². The molecule has 20 heavy (non-hydrogen) atoms. The Hall–Kier alpha value is -1.75. The number of hydrogen-bond donors (Lipinski definition) is 1. The minimum atomic E-state index is -0.363. The summed E-state index contributed by atoms with van der Waals surface area (Å²) in [5, 5.41) is 3.26. The first-order chi connectivity index (χ1) is 9.46. The summed E-state index contributed by atoms with van der Waals surface area (Å²) in [4.78, 5) is 23.0. The van der Waals surface area contributed by atoms with E-state index in [-0.39, 0.29) is 30.8 Å². The van der Waals surface area contributed by atoms with Crippen LogP contribution in [0.1, 0.15) is 18.9 Å². The van der Waals surface area contributed by atoms with Crippen LogP contribution < -0.4 is 10.1 Å². The van der Waals surface area contributed by atoms with E-state index in [4.69, 9.17) is 16.3 Å². The minimum Gasteiger partial charge on any atom is -0.496 e. The first-order valence-corrected chi connectivity index (χ1v) is 6.52. The maximum absolute atomic E-state index is 11.9. The lowest BCUT2D eigenvalue weighted by Gasteiger charge is -2.14. The summed E-state index contributed by atoms with van der Waals surface area (Å²) in [5.41, 5.74) is 0.697. The first kappa shape index (κ1) is 16.3. The van der Waals surface area contributed by atoms with Gasteiger partial charge in [-0.25, -0.2) is 0 Å². The van der Waals surface area contributed by atoms with E-state index in [1.54, 1.807) is 25.1 Å². The molecule has 0 heterocycles. The van der Waals surface area contributed by atoms with E-state index in [0.717, 1.165) is 0 Å². The van der Waals surface area contributed by atoms with Crippen molar-refractivity contribution in [1.82, 2.24) is 5.32 Å². The lowest BCUT2D eigenvalue weighted by Crippen LogP contribution is -2.35. The third-order valence-corrected chi connectivity index (χ3v) is 2.94. The number of carbonyl (C=O) groups excluding carboxylic acids is 2. The summed E-state index contributed by atoms with van der Waals surface area (Å²) in [6, 6.07) is 4.80. The number of halogens is 1. The van der Waals surface area contributed by atoms with E-state index >= 15 is 0 Å². The van der Waals surface area contributed by atoms with Crippen LogP contribution in [0.25, 0.3) is 0 Å². The van der Waals surface area contributed by atoms with Crippen molar-refractivity contribution < 1.29 is 19.1 Å². The second-order valence-electron chi connectivity index (χ2n) is 4.38. The molecule has 0 bridgehead atoms. The number of carbonyl (C=O) groups is 2. The highest BCUT2D eigenvalue weighted by molar-refractivity contribution is 6.30. The molecule has 1 aromatic carbocycles. The van der Waals surface area contributed by atoms with E-state index < -0.39 is 0 Å². The molecule has 1 atom stereocenters. The van der Waals surface area contributed by atoms with E-state index in [1.807, 2.05) is 0 Å². The zero-order chi connectivity index (χ0) is 15.1. The van der Waals surface area contributed by atoms with Crippen molar-refractivity contribution in [1.29, 1.82) is 0 Å².